The second-order valence-corrected chi connectivity index (χ2v) is 3.09. The van der Waals surface area contributed by atoms with Crippen LogP contribution in [0.15, 0.2) is 0 Å². The fraction of sp³-hybridized carbons (Fsp3) is 0.400. The van der Waals surface area contributed by atoms with Gasteiger partial charge in [-0.15, -0.1) is 0 Å². The van der Waals surface area contributed by atoms with Gasteiger partial charge in [0.05, 0.1) is 3.57 Å². The van der Waals surface area contributed by atoms with Gasteiger partial charge in [-0.3, -0.25) is 5.10 Å². The maximum atomic E-state index is 12.0. The average Bonchev–Trinajstić information content (AvgIpc) is 2.11. The van der Waals surface area contributed by atoms with Gasteiger partial charge < -0.3 is 0 Å². The number of hydrogen-bond donors (Lipinski definition) is 1. The third kappa shape index (κ3) is 1.66. The quantitative estimate of drug-likeness (QED) is 0.724. The highest BCUT2D eigenvalue weighted by Gasteiger charge is 2.36. The summed E-state index contributed by atoms with van der Waals surface area (Å²) in [6, 6.07) is 0. The van der Waals surface area contributed by atoms with E-state index in [1.807, 2.05) is 0 Å². The van der Waals surface area contributed by atoms with Crippen LogP contribution in [0.5, 0.6) is 0 Å². The Labute approximate surface area is 74.3 Å². The molecule has 0 aliphatic heterocycles. The summed E-state index contributed by atoms with van der Waals surface area (Å²) in [6.45, 7) is 1.55. The van der Waals surface area contributed by atoms with Crippen LogP contribution in [-0.2, 0) is 6.18 Å². The standard InChI is InChI=1S/C5H4F3IN2/c1-2-3(9)4(11-10-2)5(6,7)8/h1H3,(H,10,11). The average molecular weight is 276 g/mol. The van der Waals surface area contributed by atoms with Crippen LogP contribution in [0.3, 0.4) is 0 Å². The predicted molar refractivity (Wildman–Crippen MR) is 41.0 cm³/mol. The maximum Gasteiger partial charge on any atom is 0.436 e. The van der Waals surface area contributed by atoms with Crippen LogP contribution < -0.4 is 0 Å². The van der Waals surface area contributed by atoms with E-state index in [1.54, 1.807) is 29.5 Å². The minimum Gasteiger partial charge on any atom is -0.281 e. The SMILES string of the molecule is Cc1[nH]nc(C(F)(F)F)c1I. The highest BCUT2D eigenvalue weighted by atomic mass is 127. The first-order chi connectivity index (χ1) is 4.93. The third-order valence-electron chi connectivity index (χ3n) is 1.14. The Kier molecular flexibility index (Phi) is 2.13. The molecule has 1 rings (SSSR count). The molecule has 1 aromatic heterocycles. The summed E-state index contributed by atoms with van der Waals surface area (Å²) in [5, 5.41) is 5.40. The monoisotopic (exact) mass is 276 g/mol. The molecule has 0 radical (unpaired) electrons. The summed E-state index contributed by atoms with van der Waals surface area (Å²) in [6.07, 6.45) is -4.35. The lowest BCUT2D eigenvalue weighted by molar-refractivity contribution is -0.141. The molecule has 11 heavy (non-hydrogen) atoms. The Hall–Kier alpha value is -0.270. The number of aromatic nitrogens is 2. The van der Waals surface area contributed by atoms with Crippen molar-refractivity contribution in [1.82, 2.24) is 10.2 Å². The zero-order valence-electron chi connectivity index (χ0n) is 5.46. The summed E-state index contributed by atoms with van der Waals surface area (Å²) in [4.78, 5) is 0. The predicted octanol–water partition coefficient (Wildman–Crippen LogP) is 2.34. The number of H-pyrrole nitrogens is 1. The molecule has 0 fully saturated rings. The molecule has 62 valence electrons. The van der Waals surface area contributed by atoms with Crippen LogP contribution in [-0.4, -0.2) is 10.2 Å². The molecule has 0 aliphatic rings. The van der Waals surface area contributed by atoms with Gasteiger partial charge in [-0.1, -0.05) is 0 Å². The molecule has 0 unspecified atom stereocenters. The van der Waals surface area contributed by atoms with E-state index in [2.05, 4.69) is 10.2 Å². The first-order valence-corrected chi connectivity index (χ1v) is 3.78. The first kappa shape index (κ1) is 8.82. The molecule has 2 nitrogen and oxygen atoms in total. The second kappa shape index (κ2) is 2.65. The lowest BCUT2D eigenvalue weighted by Crippen LogP contribution is -2.07. The Bertz CT molecular complexity index is 265. The van der Waals surface area contributed by atoms with Gasteiger partial charge in [0.25, 0.3) is 0 Å². The lowest BCUT2D eigenvalue weighted by atomic mass is 10.4. The van der Waals surface area contributed by atoms with Crippen molar-refractivity contribution in [3.05, 3.63) is 15.0 Å². The highest BCUT2D eigenvalue weighted by Crippen LogP contribution is 2.31. The van der Waals surface area contributed by atoms with Crippen LogP contribution >= 0.6 is 22.6 Å². The third-order valence-corrected chi connectivity index (χ3v) is 2.46. The van der Waals surface area contributed by atoms with Crippen molar-refractivity contribution in [3.63, 3.8) is 0 Å². The molecule has 0 saturated carbocycles. The van der Waals surface area contributed by atoms with Crippen LogP contribution in [0.4, 0.5) is 13.2 Å². The largest absolute Gasteiger partial charge is 0.436 e. The van der Waals surface area contributed by atoms with Crippen molar-refractivity contribution in [2.24, 2.45) is 0 Å². The molecule has 0 spiro atoms. The molecule has 1 heterocycles. The van der Waals surface area contributed by atoms with Crippen LogP contribution in [0, 0.1) is 10.5 Å². The number of rotatable bonds is 0. The summed E-state index contributed by atoms with van der Waals surface area (Å²) < 4.78 is 36.1. The fourth-order valence-corrected chi connectivity index (χ4v) is 1.15. The van der Waals surface area contributed by atoms with E-state index >= 15 is 0 Å². The van der Waals surface area contributed by atoms with Crippen LogP contribution in [0.25, 0.3) is 0 Å². The van der Waals surface area contributed by atoms with Gasteiger partial charge in [0.2, 0.25) is 0 Å². The number of halogens is 4. The van der Waals surface area contributed by atoms with Gasteiger partial charge in [-0.05, 0) is 29.5 Å². The minimum absolute atomic E-state index is 0.134. The van der Waals surface area contributed by atoms with E-state index in [9.17, 15) is 13.2 Å². The van der Waals surface area contributed by atoms with E-state index in [0.717, 1.165) is 0 Å². The number of aryl methyl sites for hydroxylation is 1. The Balaban J connectivity index is 3.15. The van der Waals surface area contributed by atoms with Gasteiger partial charge in [-0.2, -0.15) is 18.3 Å². The molecule has 0 saturated heterocycles. The topological polar surface area (TPSA) is 28.7 Å². The first-order valence-electron chi connectivity index (χ1n) is 2.70. The van der Waals surface area contributed by atoms with Crippen LogP contribution in [0.1, 0.15) is 11.4 Å². The molecule has 1 aromatic rings. The number of aromatic amines is 1. The van der Waals surface area contributed by atoms with E-state index in [4.69, 9.17) is 0 Å². The van der Waals surface area contributed by atoms with Gasteiger partial charge in [-0.25, -0.2) is 0 Å². The molecular weight excluding hydrogens is 272 g/mol. The van der Waals surface area contributed by atoms with Crippen LogP contribution in [0.2, 0.25) is 0 Å². The van der Waals surface area contributed by atoms with Crippen molar-refractivity contribution in [1.29, 1.82) is 0 Å². The zero-order chi connectivity index (χ0) is 8.65. The summed E-state index contributed by atoms with van der Waals surface area (Å²) in [5.41, 5.74) is -0.395. The molecule has 0 atom stereocenters. The van der Waals surface area contributed by atoms with Crippen molar-refractivity contribution in [2.45, 2.75) is 13.1 Å². The minimum atomic E-state index is -4.35. The van der Waals surface area contributed by atoms with E-state index < -0.39 is 11.9 Å². The van der Waals surface area contributed by atoms with E-state index in [-0.39, 0.29) is 3.57 Å². The zero-order valence-corrected chi connectivity index (χ0v) is 7.62. The van der Waals surface area contributed by atoms with Crippen molar-refractivity contribution in [3.8, 4) is 0 Å². The summed E-state index contributed by atoms with van der Waals surface area (Å²) in [5.74, 6) is 0. The summed E-state index contributed by atoms with van der Waals surface area (Å²) >= 11 is 1.61. The lowest BCUT2D eigenvalue weighted by Gasteiger charge is -2.00. The van der Waals surface area contributed by atoms with Gasteiger partial charge >= 0.3 is 6.18 Å². The van der Waals surface area contributed by atoms with Crippen molar-refractivity contribution < 1.29 is 13.2 Å². The number of hydrogen-bond acceptors (Lipinski definition) is 1. The normalized spacial score (nSPS) is 12.1. The van der Waals surface area contributed by atoms with Crippen molar-refractivity contribution >= 4 is 22.6 Å². The Morgan fingerprint density at radius 2 is 2.00 bits per heavy atom. The van der Waals surface area contributed by atoms with Gasteiger partial charge in [0, 0.05) is 5.69 Å². The molecule has 0 bridgehead atoms. The molecule has 6 heteroatoms. The van der Waals surface area contributed by atoms with E-state index in [1.165, 1.54) is 0 Å². The smallest absolute Gasteiger partial charge is 0.281 e. The Morgan fingerprint density at radius 3 is 2.18 bits per heavy atom. The van der Waals surface area contributed by atoms with E-state index in [0.29, 0.717) is 5.69 Å². The van der Waals surface area contributed by atoms with Gasteiger partial charge in [0.1, 0.15) is 0 Å². The molecule has 0 amide bonds. The van der Waals surface area contributed by atoms with Gasteiger partial charge in [0.15, 0.2) is 5.69 Å². The molecule has 0 aliphatic carbocycles. The highest BCUT2D eigenvalue weighted by molar-refractivity contribution is 14.1. The maximum absolute atomic E-state index is 12.0. The molecular formula is C5H4F3IN2. The number of nitrogens with zero attached hydrogens (tertiary/aromatic N) is 1. The summed E-state index contributed by atoms with van der Waals surface area (Å²) in [7, 11) is 0. The molecule has 0 aromatic carbocycles. The fourth-order valence-electron chi connectivity index (χ4n) is 0.603. The Morgan fingerprint density at radius 1 is 1.45 bits per heavy atom. The van der Waals surface area contributed by atoms with Crippen molar-refractivity contribution in [2.75, 3.05) is 0 Å². The second-order valence-electron chi connectivity index (χ2n) is 2.01. The molecule has 1 N–H and O–H groups in total. The number of nitrogens with one attached hydrogen (secondary N) is 1. The number of alkyl halides is 3.